The Kier molecular flexibility index (Phi) is 2.82. The molecule has 2 nitrogen and oxygen atoms in total. The molecule has 0 amide bonds. The van der Waals surface area contributed by atoms with Gasteiger partial charge in [0.1, 0.15) is 0 Å². The summed E-state index contributed by atoms with van der Waals surface area (Å²) < 4.78 is 1.14. The molecular formula is C12H13BrN2. The van der Waals surface area contributed by atoms with Gasteiger partial charge in [-0.05, 0) is 43.7 Å². The maximum atomic E-state index is 3.49. The minimum atomic E-state index is 1.11. The molecule has 0 aliphatic rings. The second-order valence-corrected chi connectivity index (χ2v) is 4.46. The van der Waals surface area contributed by atoms with Gasteiger partial charge in [-0.1, -0.05) is 15.9 Å². The highest BCUT2D eigenvalue weighted by Crippen LogP contribution is 2.24. The van der Waals surface area contributed by atoms with Gasteiger partial charge in [-0.15, -0.1) is 0 Å². The summed E-state index contributed by atoms with van der Waals surface area (Å²) in [7, 11) is 0. The Labute approximate surface area is 97.8 Å². The Morgan fingerprint density at radius 2 is 2.00 bits per heavy atom. The van der Waals surface area contributed by atoms with E-state index >= 15 is 0 Å². The first-order chi connectivity index (χ1) is 7.16. The molecule has 0 aliphatic heterocycles. The molecule has 0 radical (unpaired) electrons. The van der Waals surface area contributed by atoms with Crippen molar-refractivity contribution in [2.45, 2.75) is 13.8 Å². The van der Waals surface area contributed by atoms with Crippen molar-refractivity contribution in [2.24, 2.45) is 0 Å². The van der Waals surface area contributed by atoms with Gasteiger partial charge in [0.25, 0.3) is 0 Å². The van der Waals surface area contributed by atoms with E-state index in [0.717, 1.165) is 21.5 Å². The highest BCUT2D eigenvalue weighted by molar-refractivity contribution is 9.10. The molecule has 1 aromatic heterocycles. The second-order valence-electron chi connectivity index (χ2n) is 3.61. The number of anilines is 2. The van der Waals surface area contributed by atoms with Crippen LogP contribution in [0.15, 0.2) is 34.9 Å². The lowest BCUT2D eigenvalue weighted by atomic mass is 10.2. The lowest BCUT2D eigenvalue weighted by Crippen LogP contribution is -1.91. The van der Waals surface area contributed by atoms with Crippen molar-refractivity contribution in [1.29, 1.82) is 0 Å². The fourth-order valence-corrected chi connectivity index (χ4v) is 1.71. The molecule has 0 atom stereocenters. The van der Waals surface area contributed by atoms with Gasteiger partial charge < -0.3 is 10.3 Å². The van der Waals surface area contributed by atoms with E-state index < -0.39 is 0 Å². The molecular weight excluding hydrogens is 252 g/mol. The maximum Gasteiger partial charge on any atom is 0.0592 e. The lowest BCUT2D eigenvalue weighted by molar-refractivity contribution is 1.26. The standard InChI is InChI=1S/C12H13BrN2/c1-8-7-10(3-4-11(8)13)15-12-5-6-14-9(12)2/h3-7,14-15H,1-2H3. The van der Waals surface area contributed by atoms with Crippen LogP contribution in [0, 0.1) is 13.8 Å². The third-order valence-electron chi connectivity index (χ3n) is 2.39. The van der Waals surface area contributed by atoms with E-state index in [-0.39, 0.29) is 0 Å². The Bertz CT molecular complexity index is 474. The van der Waals surface area contributed by atoms with Crippen LogP contribution in [0.25, 0.3) is 0 Å². The normalized spacial score (nSPS) is 10.3. The SMILES string of the molecule is Cc1cc(Nc2cc[nH]c2C)ccc1Br. The minimum absolute atomic E-state index is 1.11. The molecule has 2 N–H and O–H groups in total. The van der Waals surface area contributed by atoms with Crippen molar-refractivity contribution in [1.82, 2.24) is 4.98 Å². The molecule has 1 heterocycles. The summed E-state index contributed by atoms with van der Waals surface area (Å²) in [5, 5.41) is 3.37. The molecule has 2 aromatic rings. The zero-order valence-electron chi connectivity index (χ0n) is 8.76. The number of aromatic nitrogens is 1. The summed E-state index contributed by atoms with van der Waals surface area (Å²) in [6.45, 7) is 4.13. The molecule has 0 bridgehead atoms. The summed E-state index contributed by atoms with van der Waals surface area (Å²) in [6, 6.07) is 8.27. The molecule has 1 aromatic carbocycles. The summed E-state index contributed by atoms with van der Waals surface area (Å²) in [5.74, 6) is 0. The molecule has 0 aliphatic carbocycles. The Hall–Kier alpha value is -1.22. The van der Waals surface area contributed by atoms with Crippen LogP contribution in [0.4, 0.5) is 11.4 Å². The van der Waals surface area contributed by atoms with E-state index in [1.54, 1.807) is 0 Å². The highest BCUT2D eigenvalue weighted by Gasteiger charge is 2.00. The van der Waals surface area contributed by atoms with Crippen molar-refractivity contribution < 1.29 is 0 Å². The number of hydrogen-bond donors (Lipinski definition) is 2. The van der Waals surface area contributed by atoms with E-state index in [4.69, 9.17) is 0 Å². The number of H-pyrrole nitrogens is 1. The molecule has 0 saturated carbocycles. The zero-order valence-corrected chi connectivity index (χ0v) is 10.4. The van der Waals surface area contributed by atoms with Gasteiger partial charge >= 0.3 is 0 Å². The highest BCUT2D eigenvalue weighted by atomic mass is 79.9. The predicted molar refractivity (Wildman–Crippen MR) is 67.7 cm³/mol. The number of aryl methyl sites for hydroxylation is 2. The van der Waals surface area contributed by atoms with E-state index in [2.05, 4.69) is 51.4 Å². The number of nitrogens with one attached hydrogen (secondary N) is 2. The zero-order chi connectivity index (χ0) is 10.8. The summed E-state index contributed by atoms with van der Waals surface area (Å²) in [4.78, 5) is 3.14. The van der Waals surface area contributed by atoms with Crippen LogP contribution in [0.5, 0.6) is 0 Å². The average molecular weight is 265 g/mol. The van der Waals surface area contributed by atoms with Crippen LogP contribution in [-0.4, -0.2) is 4.98 Å². The first-order valence-electron chi connectivity index (χ1n) is 4.84. The second kappa shape index (κ2) is 4.11. The summed E-state index contributed by atoms with van der Waals surface area (Å²) in [5.41, 5.74) is 4.61. The van der Waals surface area contributed by atoms with Crippen LogP contribution in [-0.2, 0) is 0 Å². The van der Waals surface area contributed by atoms with Crippen LogP contribution in [0.3, 0.4) is 0 Å². The number of rotatable bonds is 2. The first-order valence-corrected chi connectivity index (χ1v) is 5.63. The van der Waals surface area contributed by atoms with Gasteiger partial charge in [0.15, 0.2) is 0 Å². The smallest absolute Gasteiger partial charge is 0.0592 e. The maximum absolute atomic E-state index is 3.49. The monoisotopic (exact) mass is 264 g/mol. The third kappa shape index (κ3) is 2.23. The van der Waals surface area contributed by atoms with E-state index in [9.17, 15) is 0 Å². The molecule has 0 unspecified atom stereocenters. The van der Waals surface area contributed by atoms with E-state index in [0.29, 0.717) is 0 Å². The van der Waals surface area contributed by atoms with Gasteiger partial charge in [0.05, 0.1) is 5.69 Å². The van der Waals surface area contributed by atoms with Crippen LogP contribution < -0.4 is 5.32 Å². The summed E-state index contributed by atoms with van der Waals surface area (Å²) >= 11 is 3.49. The number of hydrogen-bond acceptors (Lipinski definition) is 1. The lowest BCUT2D eigenvalue weighted by Gasteiger charge is -2.07. The predicted octanol–water partition coefficient (Wildman–Crippen LogP) is 4.14. The van der Waals surface area contributed by atoms with Gasteiger partial charge in [0.2, 0.25) is 0 Å². The Balaban J connectivity index is 2.25. The molecule has 78 valence electrons. The fourth-order valence-electron chi connectivity index (χ4n) is 1.47. The topological polar surface area (TPSA) is 27.8 Å². The average Bonchev–Trinajstić information content (AvgIpc) is 2.59. The van der Waals surface area contributed by atoms with Crippen LogP contribution in [0.2, 0.25) is 0 Å². The van der Waals surface area contributed by atoms with Crippen molar-refractivity contribution in [3.63, 3.8) is 0 Å². The van der Waals surface area contributed by atoms with Crippen LogP contribution >= 0.6 is 15.9 Å². The quantitative estimate of drug-likeness (QED) is 0.839. The number of aromatic amines is 1. The van der Waals surface area contributed by atoms with Crippen molar-refractivity contribution in [3.8, 4) is 0 Å². The molecule has 0 saturated heterocycles. The van der Waals surface area contributed by atoms with Gasteiger partial charge in [-0.25, -0.2) is 0 Å². The van der Waals surface area contributed by atoms with Crippen LogP contribution in [0.1, 0.15) is 11.3 Å². The molecule has 0 spiro atoms. The number of halogens is 1. The largest absolute Gasteiger partial charge is 0.363 e. The van der Waals surface area contributed by atoms with E-state index in [1.165, 1.54) is 5.56 Å². The van der Waals surface area contributed by atoms with Gasteiger partial charge in [-0.2, -0.15) is 0 Å². The van der Waals surface area contributed by atoms with Gasteiger partial charge in [-0.3, -0.25) is 0 Å². The molecule has 15 heavy (non-hydrogen) atoms. The Morgan fingerprint density at radius 3 is 2.60 bits per heavy atom. The molecule has 3 heteroatoms. The van der Waals surface area contributed by atoms with Crippen molar-refractivity contribution >= 4 is 27.3 Å². The van der Waals surface area contributed by atoms with Crippen molar-refractivity contribution in [3.05, 3.63) is 46.2 Å². The van der Waals surface area contributed by atoms with Gasteiger partial charge in [0, 0.05) is 22.1 Å². The van der Waals surface area contributed by atoms with Crippen molar-refractivity contribution in [2.75, 3.05) is 5.32 Å². The first kappa shape index (κ1) is 10.3. The van der Waals surface area contributed by atoms with E-state index in [1.807, 2.05) is 19.2 Å². The number of benzene rings is 1. The third-order valence-corrected chi connectivity index (χ3v) is 3.28. The minimum Gasteiger partial charge on any atom is -0.363 e. The fraction of sp³-hybridized carbons (Fsp3) is 0.167. The Morgan fingerprint density at radius 1 is 1.20 bits per heavy atom. The molecule has 0 fully saturated rings. The summed E-state index contributed by atoms with van der Waals surface area (Å²) in [6.07, 6.45) is 1.93. The molecule has 2 rings (SSSR count).